The minimum Gasteiger partial charge on any atom is -0.497 e. The lowest BCUT2D eigenvalue weighted by Crippen LogP contribution is -2.31. The summed E-state index contributed by atoms with van der Waals surface area (Å²) in [5, 5.41) is 2.86. The normalized spacial score (nSPS) is 12.0. The van der Waals surface area contributed by atoms with Crippen LogP contribution in [0.15, 0.2) is 82.2 Å². The molecule has 0 saturated carbocycles. The number of anilines is 1. The molecule has 0 aliphatic rings. The number of benzene rings is 3. The third kappa shape index (κ3) is 6.48. The van der Waals surface area contributed by atoms with Crippen LogP contribution >= 0.6 is 15.9 Å². The Morgan fingerprint density at radius 3 is 2.12 bits per heavy atom. The van der Waals surface area contributed by atoms with Crippen LogP contribution in [-0.4, -0.2) is 28.0 Å². The largest absolute Gasteiger partial charge is 0.497 e. The van der Waals surface area contributed by atoms with Crippen LogP contribution in [0.1, 0.15) is 18.5 Å². The van der Waals surface area contributed by atoms with Crippen molar-refractivity contribution in [2.45, 2.75) is 17.9 Å². The summed E-state index contributed by atoms with van der Waals surface area (Å²) in [5.41, 5.74) is 1.39. The molecule has 3 aromatic carbocycles. The molecule has 32 heavy (non-hydrogen) atoms. The van der Waals surface area contributed by atoms with Crippen LogP contribution in [0.4, 0.5) is 5.69 Å². The second-order valence-corrected chi connectivity index (χ2v) is 9.53. The fraction of sp³-hybridized carbons (Fsp3) is 0.174. The Labute approximate surface area is 195 Å². The van der Waals surface area contributed by atoms with E-state index in [9.17, 15) is 13.2 Å². The van der Waals surface area contributed by atoms with E-state index >= 15 is 0 Å². The number of carbonyl (C=O) groups is 1. The number of carbonyl (C=O) groups excluding carboxylic acids is 1. The molecule has 0 heterocycles. The maximum absolute atomic E-state index is 12.6. The zero-order valence-corrected chi connectivity index (χ0v) is 19.9. The lowest BCUT2D eigenvalue weighted by molar-refractivity contribution is -0.123. The highest BCUT2D eigenvalue weighted by molar-refractivity contribution is 9.10. The summed E-state index contributed by atoms with van der Waals surface area (Å²) in [7, 11) is -2.22. The highest BCUT2D eigenvalue weighted by Crippen LogP contribution is 2.21. The summed E-state index contributed by atoms with van der Waals surface area (Å²) in [6, 6.07) is 19.9. The molecule has 0 unspecified atom stereocenters. The topological polar surface area (TPSA) is 93.7 Å². The van der Waals surface area contributed by atoms with Crippen LogP contribution in [0.5, 0.6) is 11.5 Å². The molecular weight excluding hydrogens is 496 g/mol. The zero-order chi connectivity index (χ0) is 23.1. The molecule has 168 valence electrons. The summed E-state index contributed by atoms with van der Waals surface area (Å²) in [6.45, 7) is 1.70. The monoisotopic (exact) mass is 518 g/mol. The van der Waals surface area contributed by atoms with Gasteiger partial charge in [0.15, 0.2) is 6.61 Å². The van der Waals surface area contributed by atoms with E-state index in [2.05, 4.69) is 26.0 Å². The Hall–Kier alpha value is -3.04. The highest BCUT2D eigenvalue weighted by atomic mass is 79.9. The first-order valence-corrected chi connectivity index (χ1v) is 12.0. The minimum absolute atomic E-state index is 0.0778. The van der Waals surface area contributed by atoms with Gasteiger partial charge in [0.25, 0.3) is 15.9 Å². The van der Waals surface area contributed by atoms with E-state index in [0.29, 0.717) is 17.2 Å². The maximum Gasteiger partial charge on any atom is 0.261 e. The molecule has 1 atom stereocenters. The summed E-state index contributed by atoms with van der Waals surface area (Å²) in [5.74, 6) is 0.739. The van der Waals surface area contributed by atoms with Gasteiger partial charge in [0, 0.05) is 10.2 Å². The van der Waals surface area contributed by atoms with E-state index in [-0.39, 0.29) is 23.5 Å². The highest BCUT2D eigenvalue weighted by Gasteiger charge is 2.15. The molecule has 0 radical (unpaired) electrons. The number of methoxy groups -OCH3 is 1. The number of nitrogens with one attached hydrogen (secondary N) is 2. The van der Waals surface area contributed by atoms with E-state index in [1.165, 1.54) is 31.4 Å². The van der Waals surface area contributed by atoms with E-state index in [4.69, 9.17) is 9.47 Å². The van der Waals surface area contributed by atoms with Crippen molar-refractivity contribution in [1.29, 1.82) is 0 Å². The molecule has 3 rings (SSSR count). The van der Waals surface area contributed by atoms with Gasteiger partial charge >= 0.3 is 0 Å². The summed E-state index contributed by atoms with van der Waals surface area (Å²) >= 11 is 3.38. The molecule has 9 heteroatoms. The standard InChI is InChI=1S/C23H23BrN2O5S/c1-16(17-3-5-18(24)6-4-17)25-23(27)15-31-21-11-13-22(14-12-21)32(28,29)26-19-7-9-20(30-2)10-8-19/h3-14,16,26H,15H2,1-2H3,(H,25,27)/t16-/m1/s1. The first-order valence-electron chi connectivity index (χ1n) is 9.71. The first kappa shape index (κ1) is 23.6. The Morgan fingerprint density at radius 2 is 1.53 bits per heavy atom. The third-order valence-electron chi connectivity index (χ3n) is 4.59. The average molecular weight is 519 g/mol. The first-order chi connectivity index (χ1) is 15.3. The lowest BCUT2D eigenvalue weighted by atomic mass is 10.1. The predicted molar refractivity (Wildman–Crippen MR) is 126 cm³/mol. The van der Waals surface area contributed by atoms with Gasteiger partial charge in [-0.25, -0.2) is 8.42 Å². The molecule has 0 spiro atoms. The van der Waals surface area contributed by atoms with Crippen molar-refractivity contribution in [2.24, 2.45) is 0 Å². The molecule has 0 fully saturated rings. The van der Waals surface area contributed by atoms with Crippen molar-refractivity contribution < 1.29 is 22.7 Å². The van der Waals surface area contributed by atoms with Crippen molar-refractivity contribution in [3.05, 3.63) is 82.8 Å². The molecule has 0 bridgehead atoms. The molecule has 0 aliphatic heterocycles. The molecule has 0 aliphatic carbocycles. The van der Waals surface area contributed by atoms with Gasteiger partial charge in [-0.05, 0) is 73.2 Å². The fourth-order valence-electron chi connectivity index (χ4n) is 2.85. The number of sulfonamides is 1. The van der Waals surface area contributed by atoms with Gasteiger partial charge in [0.2, 0.25) is 0 Å². The van der Waals surface area contributed by atoms with Crippen LogP contribution in [0.3, 0.4) is 0 Å². The zero-order valence-electron chi connectivity index (χ0n) is 17.5. The van der Waals surface area contributed by atoms with Crippen molar-refractivity contribution in [3.63, 3.8) is 0 Å². The molecular formula is C23H23BrN2O5S. The summed E-state index contributed by atoms with van der Waals surface area (Å²) in [6.07, 6.45) is 0. The van der Waals surface area contributed by atoms with Gasteiger partial charge in [-0.2, -0.15) is 0 Å². The van der Waals surface area contributed by atoms with Gasteiger partial charge in [-0.1, -0.05) is 28.1 Å². The molecule has 0 saturated heterocycles. The van der Waals surface area contributed by atoms with Crippen LogP contribution < -0.4 is 19.5 Å². The average Bonchev–Trinajstić information content (AvgIpc) is 2.78. The molecule has 7 nitrogen and oxygen atoms in total. The van der Waals surface area contributed by atoms with Gasteiger partial charge in [-0.3, -0.25) is 9.52 Å². The molecule has 1 amide bonds. The van der Waals surface area contributed by atoms with Crippen molar-refractivity contribution in [2.75, 3.05) is 18.4 Å². The van der Waals surface area contributed by atoms with Gasteiger partial charge < -0.3 is 14.8 Å². The minimum atomic E-state index is -3.76. The third-order valence-corrected chi connectivity index (χ3v) is 6.52. The second-order valence-electron chi connectivity index (χ2n) is 6.93. The SMILES string of the molecule is COc1ccc(NS(=O)(=O)c2ccc(OCC(=O)N[C@H](C)c3ccc(Br)cc3)cc2)cc1. The van der Waals surface area contributed by atoms with Gasteiger partial charge in [0.05, 0.1) is 18.0 Å². The van der Waals surface area contributed by atoms with Crippen molar-refractivity contribution >= 4 is 37.5 Å². The van der Waals surface area contributed by atoms with Crippen molar-refractivity contribution in [3.8, 4) is 11.5 Å². The van der Waals surface area contributed by atoms with Crippen LogP contribution in [-0.2, 0) is 14.8 Å². The Kier molecular flexibility index (Phi) is 7.76. The Morgan fingerprint density at radius 1 is 0.938 bits per heavy atom. The lowest BCUT2D eigenvalue weighted by Gasteiger charge is -2.15. The molecule has 0 aromatic heterocycles. The van der Waals surface area contributed by atoms with E-state index < -0.39 is 10.0 Å². The number of ether oxygens (including phenoxy) is 2. The van der Waals surface area contributed by atoms with Gasteiger partial charge in [0.1, 0.15) is 11.5 Å². The smallest absolute Gasteiger partial charge is 0.261 e. The summed E-state index contributed by atoms with van der Waals surface area (Å²) in [4.78, 5) is 12.3. The number of hydrogen-bond donors (Lipinski definition) is 2. The summed E-state index contributed by atoms with van der Waals surface area (Å²) < 4.78 is 39.1. The van der Waals surface area contributed by atoms with Crippen LogP contribution in [0, 0.1) is 0 Å². The Bertz CT molecular complexity index is 1150. The quantitative estimate of drug-likeness (QED) is 0.434. The Balaban J connectivity index is 1.54. The molecule has 3 aromatic rings. The second kappa shape index (κ2) is 10.5. The number of hydrogen-bond acceptors (Lipinski definition) is 5. The van der Waals surface area contributed by atoms with Crippen LogP contribution in [0.2, 0.25) is 0 Å². The van der Waals surface area contributed by atoms with E-state index in [1.54, 1.807) is 24.3 Å². The van der Waals surface area contributed by atoms with Crippen molar-refractivity contribution in [1.82, 2.24) is 5.32 Å². The van der Waals surface area contributed by atoms with Crippen LogP contribution in [0.25, 0.3) is 0 Å². The maximum atomic E-state index is 12.6. The van der Waals surface area contributed by atoms with Gasteiger partial charge in [-0.15, -0.1) is 0 Å². The fourth-order valence-corrected chi connectivity index (χ4v) is 4.18. The predicted octanol–water partition coefficient (Wildman–Crippen LogP) is 4.51. The number of amides is 1. The van der Waals surface area contributed by atoms with E-state index in [1.807, 2.05) is 31.2 Å². The number of rotatable bonds is 9. The number of halogens is 1. The molecule has 2 N–H and O–H groups in total. The van der Waals surface area contributed by atoms with E-state index in [0.717, 1.165) is 10.0 Å².